The molecule has 1 saturated carbocycles. The molecule has 0 N–H and O–H groups in total. The van der Waals surface area contributed by atoms with Crippen LogP contribution in [0.3, 0.4) is 0 Å². The molecule has 1 aliphatic rings. The fourth-order valence-electron chi connectivity index (χ4n) is 1.87. The minimum absolute atomic E-state index is 0.0419. The van der Waals surface area contributed by atoms with E-state index in [9.17, 15) is 0 Å². The van der Waals surface area contributed by atoms with Crippen molar-refractivity contribution in [1.82, 2.24) is 0 Å². The van der Waals surface area contributed by atoms with Crippen LogP contribution in [0, 0.1) is 5.92 Å². The van der Waals surface area contributed by atoms with Crippen molar-refractivity contribution in [1.29, 1.82) is 0 Å². The van der Waals surface area contributed by atoms with Gasteiger partial charge in [0.2, 0.25) is 0 Å². The second-order valence-electron chi connectivity index (χ2n) is 5.02. The first kappa shape index (κ1) is 14.8. The van der Waals surface area contributed by atoms with Gasteiger partial charge in [-0.1, -0.05) is 55.6 Å². The molecule has 0 heterocycles. The number of benzene rings is 1. The monoisotopic (exact) mass is 394 g/mol. The Morgan fingerprint density at radius 1 is 1.28 bits per heavy atom. The summed E-state index contributed by atoms with van der Waals surface area (Å²) in [4.78, 5) is 0. The first-order chi connectivity index (χ1) is 8.70. The second-order valence-corrected chi connectivity index (χ2v) is 6.57. The van der Waals surface area contributed by atoms with Gasteiger partial charge in [0.1, 0.15) is 0 Å². The Hall–Kier alpha value is 0.430. The maximum atomic E-state index is 6.09. The normalized spacial score (nSPS) is 15.9. The predicted octanol–water partition coefficient (Wildman–Crippen LogP) is 4.79. The summed E-state index contributed by atoms with van der Waals surface area (Å²) in [7, 11) is 0. The zero-order valence-electron chi connectivity index (χ0n) is 10.2. The first-order valence-electron chi connectivity index (χ1n) is 6.16. The van der Waals surface area contributed by atoms with Crippen LogP contribution in [0.25, 0.3) is 0 Å². The van der Waals surface area contributed by atoms with Crippen molar-refractivity contribution in [2.45, 2.75) is 18.3 Å². The van der Waals surface area contributed by atoms with Gasteiger partial charge in [-0.05, 0) is 36.5 Å². The van der Waals surface area contributed by atoms with Crippen LogP contribution < -0.4 is 0 Å². The summed E-state index contributed by atoms with van der Waals surface area (Å²) < 4.78 is 5.90. The Labute approximate surface area is 130 Å². The van der Waals surface area contributed by atoms with Crippen LogP contribution in [0.4, 0.5) is 0 Å². The highest BCUT2D eigenvalue weighted by Crippen LogP contribution is 2.33. The lowest BCUT2D eigenvalue weighted by atomic mass is 9.85. The summed E-state index contributed by atoms with van der Waals surface area (Å²) in [5.41, 5.74) is 1.18. The van der Waals surface area contributed by atoms with Crippen LogP contribution in [-0.4, -0.2) is 23.9 Å². The molecule has 1 aliphatic carbocycles. The van der Waals surface area contributed by atoms with Gasteiger partial charge >= 0.3 is 0 Å². The van der Waals surface area contributed by atoms with Crippen molar-refractivity contribution in [3.8, 4) is 0 Å². The van der Waals surface area contributed by atoms with Crippen molar-refractivity contribution < 1.29 is 4.74 Å². The Bertz CT molecular complexity index is 389. The Morgan fingerprint density at radius 3 is 2.56 bits per heavy atom. The molecule has 0 atom stereocenters. The third kappa shape index (κ3) is 3.72. The quantitative estimate of drug-likeness (QED) is 0.602. The molecule has 0 bridgehead atoms. The van der Waals surface area contributed by atoms with Gasteiger partial charge < -0.3 is 4.74 Å². The minimum atomic E-state index is -0.0419. The fraction of sp³-hybridized carbons (Fsp3) is 0.571. The summed E-state index contributed by atoms with van der Waals surface area (Å²) in [6.45, 7) is 1.61. The smallest absolute Gasteiger partial charge is 0.0579 e. The molecule has 1 nitrogen and oxygen atoms in total. The zero-order valence-corrected chi connectivity index (χ0v) is 14.1. The van der Waals surface area contributed by atoms with Gasteiger partial charge in [0.15, 0.2) is 0 Å². The van der Waals surface area contributed by atoms with Gasteiger partial charge in [-0.3, -0.25) is 0 Å². The van der Waals surface area contributed by atoms with Gasteiger partial charge in [-0.25, -0.2) is 0 Å². The molecule has 18 heavy (non-hydrogen) atoms. The van der Waals surface area contributed by atoms with E-state index in [-0.39, 0.29) is 5.41 Å². The summed E-state index contributed by atoms with van der Waals surface area (Å²) >= 11 is 13.3. The Balaban J connectivity index is 2.08. The number of ether oxygens (including phenoxy) is 1. The van der Waals surface area contributed by atoms with Crippen molar-refractivity contribution in [3.05, 3.63) is 34.9 Å². The van der Waals surface area contributed by atoms with Crippen LogP contribution in [-0.2, 0) is 10.2 Å². The maximum Gasteiger partial charge on any atom is 0.0579 e. The predicted molar refractivity (Wildman–Crippen MR) is 84.3 cm³/mol. The number of hydrogen-bond donors (Lipinski definition) is 0. The third-order valence-electron chi connectivity index (χ3n) is 3.38. The molecule has 4 heteroatoms. The molecule has 100 valence electrons. The maximum absolute atomic E-state index is 6.09. The molecule has 0 radical (unpaired) electrons. The van der Waals surface area contributed by atoms with Crippen LogP contribution >= 0.6 is 43.5 Å². The molecule has 1 fully saturated rings. The highest BCUT2D eigenvalue weighted by Gasteiger charge is 2.32. The second kappa shape index (κ2) is 6.74. The van der Waals surface area contributed by atoms with Gasteiger partial charge in [-0.15, -0.1) is 0 Å². The number of hydrogen-bond acceptors (Lipinski definition) is 1. The topological polar surface area (TPSA) is 9.23 Å². The van der Waals surface area contributed by atoms with Crippen molar-refractivity contribution in [3.63, 3.8) is 0 Å². The molecule has 0 amide bonds. The molecule has 0 saturated heterocycles. The van der Waals surface area contributed by atoms with E-state index in [4.69, 9.17) is 16.3 Å². The summed E-state index contributed by atoms with van der Waals surface area (Å²) in [6, 6.07) is 8.06. The molecule has 2 rings (SSSR count). The van der Waals surface area contributed by atoms with E-state index in [2.05, 4.69) is 37.9 Å². The average Bonchev–Trinajstić information content (AvgIpc) is 3.19. The van der Waals surface area contributed by atoms with Crippen LogP contribution in [0.1, 0.15) is 18.4 Å². The molecule has 1 aromatic carbocycles. The van der Waals surface area contributed by atoms with E-state index in [1.54, 1.807) is 0 Å². The lowest BCUT2D eigenvalue weighted by Gasteiger charge is -2.30. The van der Waals surface area contributed by atoms with Crippen LogP contribution in [0.2, 0.25) is 5.02 Å². The molecule has 1 aromatic rings. The molecular formula is C14H17Br2ClO. The first-order valence-corrected chi connectivity index (χ1v) is 8.78. The van der Waals surface area contributed by atoms with Crippen molar-refractivity contribution in [2.75, 3.05) is 23.9 Å². The Kier molecular flexibility index (Phi) is 5.55. The largest absolute Gasteiger partial charge is 0.380 e. The van der Waals surface area contributed by atoms with E-state index in [1.807, 2.05) is 18.2 Å². The van der Waals surface area contributed by atoms with E-state index in [0.29, 0.717) is 0 Å². The SMILES string of the molecule is Clc1cccc(C(CBr)(CBr)COCC2CC2)c1. The number of rotatable bonds is 7. The van der Waals surface area contributed by atoms with Crippen molar-refractivity contribution in [2.24, 2.45) is 5.92 Å². The summed E-state index contributed by atoms with van der Waals surface area (Å²) in [6.07, 6.45) is 2.65. The molecule has 0 unspecified atom stereocenters. The lowest BCUT2D eigenvalue weighted by Crippen LogP contribution is -2.36. The van der Waals surface area contributed by atoms with Crippen molar-refractivity contribution >= 4 is 43.5 Å². The van der Waals surface area contributed by atoms with E-state index in [1.165, 1.54) is 18.4 Å². The minimum Gasteiger partial charge on any atom is -0.380 e. The van der Waals surface area contributed by atoms with Crippen LogP contribution in [0.15, 0.2) is 24.3 Å². The van der Waals surface area contributed by atoms with Crippen LogP contribution in [0.5, 0.6) is 0 Å². The summed E-state index contributed by atoms with van der Waals surface area (Å²) in [5.74, 6) is 0.799. The fourth-order valence-corrected chi connectivity index (χ4v) is 3.96. The standard InChI is InChI=1S/C14H17Br2ClO/c15-8-14(9-16,10-18-7-11-4-5-11)12-2-1-3-13(17)6-12/h1-3,6,11H,4-5,7-10H2. The highest BCUT2D eigenvalue weighted by molar-refractivity contribution is 9.09. The average molecular weight is 397 g/mol. The molecular weight excluding hydrogens is 379 g/mol. The highest BCUT2D eigenvalue weighted by atomic mass is 79.9. The van der Waals surface area contributed by atoms with Gasteiger partial charge in [-0.2, -0.15) is 0 Å². The van der Waals surface area contributed by atoms with Gasteiger partial charge in [0.25, 0.3) is 0 Å². The zero-order chi connectivity index (χ0) is 13.0. The number of alkyl halides is 2. The van der Waals surface area contributed by atoms with Gasteiger partial charge in [0, 0.05) is 27.7 Å². The van der Waals surface area contributed by atoms with E-state index in [0.717, 1.165) is 34.8 Å². The lowest BCUT2D eigenvalue weighted by molar-refractivity contribution is 0.0905. The third-order valence-corrected chi connectivity index (χ3v) is 5.76. The molecule has 0 aliphatic heterocycles. The Morgan fingerprint density at radius 2 is 2.00 bits per heavy atom. The van der Waals surface area contributed by atoms with E-state index >= 15 is 0 Å². The molecule has 0 spiro atoms. The molecule has 0 aromatic heterocycles. The summed E-state index contributed by atoms with van der Waals surface area (Å²) in [5, 5.41) is 2.49. The number of halogens is 3. The van der Waals surface area contributed by atoms with E-state index < -0.39 is 0 Å². The van der Waals surface area contributed by atoms with Gasteiger partial charge in [0.05, 0.1) is 6.61 Å².